The van der Waals surface area contributed by atoms with Crippen LogP contribution in [0.2, 0.25) is 0 Å². The fourth-order valence-electron chi connectivity index (χ4n) is 2.10. The van der Waals surface area contributed by atoms with Crippen LogP contribution in [-0.4, -0.2) is 16.8 Å². The van der Waals surface area contributed by atoms with E-state index < -0.39 is 0 Å². The lowest BCUT2D eigenvalue weighted by Crippen LogP contribution is -2.29. The van der Waals surface area contributed by atoms with Crippen molar-refractivity contribution in [1.29, 1.82) is 0 Å². The first-order chi connectivity index (χ1) is 7.90. The highest BCUT2D eigenvalue weighted by atomic mass is 15.2. The monoisotopic (exact) mass is 232 g/mol. The minimum absolute atomic E-state index is 0.416. The highest BCUT2D eigenvalue weighted by Gasteiger charge is 2.29. The van der Waals surface area contributed by atoms with Crippen molar-refractivity contribution in [2.24, 2.45) is 10.9 Å². The quantitative estimate of drug-likeness (QED) is 0.714. The summed E-state index contributed by atoms with van der Waals surface area (Å²) < 4.78 is 0. The molecule has 0 aliphatic carbocycles. The predicted molar refractivity (Wildman–Crippen MR) is 75.9 cm³/mol. The van der Waals surface area contributed by atoms with Gasteiger partial charge in [-0.1, -0.05) is 26.0 Å². The summed E-state index contributed by atoms with van der Waals surface area (Å²) in [6.45, 7) is 16.8. The Morgan fingerprint density at radius 1 is 1.29 bits per heavy atom. The SMILES string of the molecule is C=C/N=C1\C(=C(C)C)C(C(C)C)=CN1C(C)C. The van der Waals surface area contributed by atoms with Crippen molar-refractivity contribution in [3.63, 3.8) is 0 Å². The summed E-state index contributed by atoms with van der Waals surface area (Å²) in [5.41, 5.74) is 3.97. The smallest absolute Gasteiger partial charge is 0.140 e. The third-order valence-electron chi connectivity index (χ3n) is 2.93. The molecule has 0 unspecified atom stereocenters. The zero-order valence-electron chi connectivity index (χ0n) is 11.9. The Hall–Kier alpha value is -1.31. The van der Waals surface area contributed by atoms with Crippen LogP contribution in [0.25, 0.3) is 0 Å². The van der Waals surface area contributed by atoms with E-state index in [1.54, 1.807) is 6.20 Å². The molecule has 0 aromatic carbocycles. The number of hydrogen-bond acceptors (Lipinski definition) is 1. The second kappa shape index (κ2) is 5.35. The van der Waals surface area contributed by atoms with E-state index in [9.17, 15) is 0 Å². The third-order valence-corrected chi connectivity index (χ3v) is 2.93. The van der Waals surface area contributed by atoms with Crippen LogP contribution in [-0.2, 0) is 0 Å². The predicted octanol–water partition coefficient (Wildman–Crippen LogP) is 4.13. The standard InChI is InChI=1S/C15H24N2/c1-8-16-15-14(11(4)5)13(10(2)3)9-17(15)12(6)7/h8-10,12H,1H2,2-7H3/b16-15+. The molecule has 0 N–H and O–H groups in total. The van der Waals surface area contributed by atoms with Gasteiger partial charge in [0.05, 0.1) is 0 Å². The first kappa shape index (κ1) is 13.8. The van der Waals surface area contributed by atoms with Gasteiger partial charge in [-0.2, -0.15) is 0 Å². The molecule has 1 rings (SSSR count). The summed E-state index contributed by atoms with van der Waals surface area (Å²) in [5, 5.41) is 0. The van der Waals surface area contributed by atoms with Crippen molar-refractivity contribution < 1.29 is 0 Å². The van der Waals surface area contributed by atoms with Crippen molar-refractivity contribution in [2.45, 2.75) is 47.6 Å². The molecule has 2 heteroatoms. The van der Waals surface area contributed by atoms with Crippen molar-refractivity contribution in [3.8, 4) is 0 Å². The van der Waals surface area contributed by atoms with Crippen molar-refractivity contribution in [3.05, 3.63) is 35.7 Å². The maximum Gasteiger partial charge on any atom is 0.140 e. The summed E-state index contributed by atoms with van der Waals surface area (Å²) in [6, 6.07) is 0.416. The van der Waals surface area contributed by atoms with Crippen LogP contribution in [0.3, 0.4) is 0 Å². The molecule has 0 spiro atoms. The lowest BCUT2D eigenvalue weighted by molar-refractivity contribution is 0.464. The van der Waals surface area contributed by atoms with Gasteiger partial charge >= 0.3 is 0 Å². The number of amidine groups is 1. The van der Waals surface area contributed by atoms with E-state index in [2.05, 4.69) is 64.2 Å². The Labute approximate surface area is 105 Å². The zero-order valence-corrected chi connectivity index (χ0v) is 11.9. The van der Waals surface area contributed by atoms with Crippen molar-refractivity contribution >= 4 is 5.84 Å². The summed E-state index contributed by atoms with van der Waals surface area (Å²) >= 11 is 0. The van der Waals surface area contributed by atoms with E-state index in [4.69, 9.17) is 0 Å². The minimum Gasteiger partial charge on any atom is -0.330 e. The largest absolute Gasteiger partial charge is 0.330 e. The molecule has 0 fully saturated rings. The number of hydrogen-bond donors (Lipinski definition) is 0. The van der Waals surface area contributed by atoms with Crippen LogP contribution < -0.4 is 0 Å². The van der Waals surface area contributed by atoms with Gasteiger partial charge in [-0.25, -0.2) is 4.99 Å². The lowest BCUT2D eigenvalue weighted by atomic mass is 9.94. The minimum atomic E-state index is 0.416. The molecule has 0 amide bonds. The highest BCUT2D eigenvalue weighted by molar-refractivity contribution is 6.06. The zero-order chi connectivity index (χ0) is 13.2. The van der Waals surface area contributed by atoms with Crippen molar-refractivity contribution in [2.75, 3.05) is 0 Å². The molecular weight excluding hydrogens is 208 g/mol. The molecular formula is C15H24N2. The first-order valence-electron chi connectivity index (χ1n) is 6.27. The molecule has 0 aromatic rings. The molecule has 94 valence electrons. The van der Waals surface area contributed by atoms with Crippen LogP contribution in [0.5, 0.6) is 0 Å². The molecule has 2 nitrogen and oxygen atoms in total. The summed E-state index contributed by atoms with van der Waals surface area (Å²) in [4.78, 5) is 6.69. The normalized spacial score (nSPS) is 18.4. The van der Waals surface area contributed by atoms with Gasteiger partial charge in [0.25, 0.3) is 0 Å². The van der Waals surface area contributed by atoms with E-state index in [-0.39, 0.29) is 0 Å². The van der Waals surface area contributed by atoms with Crippen LogP contribution in [0.1, 0.15) is 41.5 Å². The van der Waals surface area contributed by atoms with Gasteiger partial charge in [0, 0.05) is 24.0 Å². The van der Waals surface area contributed by atoms with Crippen molar-refractivity contribution in [1.82, 2.24) is 4.90 Å². The molecule has 0 saturated carbocycles. The molecule has 0 aromatic heterocycles. The Balaban J connectivity index is 3.35. The van der Waals surface area contributed by atoms with Gasteiger partial charge in [-0.05, 0) is 39.2 Å². The third kappa shape index (κ3) is 2.68. The Bertz CT molecular complexity index is 391. The average Bonchev–Trinajstić information content (AvgIpc) is 2.57. The number of aliphatic imine (C=N–C) groups is 1. The van der Waals surface area contributed by atoms with Crippen LogP contribution in [0, 0.1) is 5.92 Å². The summed E-state index contributed by atoms with van der Waals surface area (Å²) in [6.07, 6.45) is 3.87. The van der Waals surface area contributed by atoms with Crippen LogP contribution in [0.4, 0.5) is 0 Å². The molecule has 0 saturated heterocycles. The van der Waals surface area contributed by atoms with E-state index in [1.165, 1.54) is 16.7 Å². The van der Waals surface area contributed by atoms with E-state index in [0.717, 1.165) is 5.84 Å². The Kier molecular flexibility index (Phi) is 4.33. The summed E-state index contributed by atoms with van der Waals surface area (Å²) in [5.74, 6) is 1.55. The first-order valence-corrected chi connectivity index (χ1v) is 6.27. The number of rotatable bonds is 3. The average molecular weight is 232 g/mol. The van der Waals surface area contributed by atoms with Crippen LogP contribution >= 0.6 is 0 Å². The lowest BCUT2D eigenvalue weighted by Gasteiger charge is -2.22. The maximum absolute atomic E-state index is 4.46. The molecule has 17 heavy (non-hydrogen) atoms. The van der Waals surface area contributed by atoms with E-state index >= 15 is 0 Å². The fraction of sp³-hybridized carbons (Fsp3) is 0.533. The van der Waals surface area contributed by atoms with E-state index in [1.807, 2.05) is 0 Å². The van der Waals surface area contributed by atoms with Gasteiger partial charge < -0.3 is 4.90 Å². The second-order valence-corrected chi connectivity index (χ2v) is 5.25. The topological polar surface area (TPSA) is 15.6 Å². The Morgan fingerprint density at radius 2 is 1.88 bits per heavy atom. The summed E-state index contributed by atoms with van der Waals surface area (Å²) in [7, 11) is 0. The van der Waals surface area contributed by atoms with Crippen LogP contribution in [0.15, 0.2) is 40.7 Å². The van der Waals surface area contributed by atoms with Gasteiger partial charge in [0.1, 0.15) is 5.84 Å². The van der Waals surface area contributed by atoms with Gasteiger partial charge in [-0.3, -0.25) is 0 Å². The Morgan fingerprint density at radius 3 is 2.24 bits per heavy atom. The second-order valence-electron chi connectivity index (χ2n) is 5.25. The molecule has 0 atom stereocenters. The van der Waals surface area contributed by atoms with Gasteiger partial charge in [0.2, 0.25) is 0 Å². The molecule has 0 radical (unpaired) electrons. The van der Waals surface area contributed by atoms with E-state index in [0.29, 0.717) is 12.0 Å². The highest BCUT2D eigenvalue weighted by Crippen LogP contribution is 2.32. The van der Waals surface area contributed by atoms with Gasteiger partial charge in [-0.15, -0.1) is 0 Å². The fourth-order valence-corrected chi connectivity index (χ4v) is 2.10. The number of allylic oxidation sites excluding steroid dienone is 1. The maximum atomic E-state index is 4.46. The van der Waals surface area contributed by atoms with Gasteiger partial charge in [0.15, 0.2) is 0 Å². The number of nitrogens with zero attached hydrogens (tertiary/aromatic N) is 2. The molecule has 1 aliphatic heterocycles. The molecule has 0 bridgehead atoms. The molecule has 1 aliphatic rings. The molecule has 1 heterocycles.